The summed E-state index contributed by atoms with van der Waals surface area (Å²) in [6.45, 7) is 5.73. The summed E-state index contributed by atoms with van der Waals surface area (Å²) in [5.74, 6) is -1.17. The molecule has 4 rings (SSSR count). The number of ether oxygens (including phenoxy) is 1. The zero-order valence-corrected chi connectivity index (χ0v) is 18.0. The van der Waals surface area contributed by atoms with Crippen LogP contribution in [0, 0.1) is 34.5 Å². The number of aliphatic carboxylic acids is 1. The molecule has 0 bridgehead atoms. The quantitative estimate of drug-likeness (QED) is 0.682. The Morgan fingerprint density at radius 3 is 2.63 bits per heavy atom. The third-order valence-electron chi connectivity index (χ3n) is 9.00. The number of allylic oxidation sites excluding steroid dienone is 4. The molecule has 0 aromatic heterocycles. The molecule has 0 aromatic rings. The van der Waals surface area contributed by atoms with E-state index in [0.29, 0.717) is 24.7 Å². The van der Waals surface area contributed by atoms with Crippen molar-refractivity contribution < 1.29 is 29.3 Å². The lowest BCUT2D eigenvalue weighted by Gasteiger charge is -2.57. The molecule has 0 radical (unpaired) electrons. The van der Waals surface area contributed by atoms with E-state index in [1.165, 1.54) is 5.57 Å². The minimum absolute atomic E-state index is 0.0525. The van der Waals surface area contributed by atoms with E-state index in [0.717, 1.165) is 19.3 Å². The second-order valence-electron chi connectivity index (χ2n) is 10.2. The number of hydrogen-bond acceptors (Lipinski definition) is 5. The molecular formula is C24H32O6. The first-order valence-corrected chi connectivity index (χ1v) is 11.1. The molecule has 2 N–H and O–H groups in total. The predicted octanol–water partition coefficient (Wildman–Crippen LogP) is 3.29. The lowest BCUT2D eigenvalue weighted by Crippen LogP contribution is -2.60. The average molecular weight is 417 g/mol. The molecule has 0 saturated heterocycles. The standard InChI is InChI=1S/C24H32O6/c1-14-12-19-17-5-4-15-13-16(26)6-9-22(15,2)18(17)7-10-23(19,3)24(14,21(28)29)30-20(27)8-11-25/h6,9,13-14,17-19,25H,4-5,7-8,10-12H2,1-3H3,(H,28,29)/t14-,17-,18+,19+,22+,23+,24-/m1/s1. The van der Waals surface area contributed by atoms with Gasteiger partial charge in [0.1, 0.15) is 0 Å². The van der Waals surface area contributed by atoms with Crippen LogP contribution in [0.3, 0.4) is 0 Å². The summed E-state index contributed by atoms with van der Waals surface area (Å²) in [4.78, 5) is 36.9. The minimum Gasteiger partial charge on any atom is -0.478 e. The van der Waals surface area contributed by atoms with Crippen molar-refractivity contribution in [2.24, 2.45) is 34.5 Å². The summed E-state index contributed by atoms with van der Waals surface area (Å²) in [6, 6.07) is 0. The monoisotopic (exact) mass is 416 g/mol. The summed E-state index contributed by atoms with van der Waals surface area (Å²) in [7, 11) is 0. The fourth-order valence-corrected chi connectivity index (χ4v) is 7.56. The van der Waals surface area contributed by atoms with Gasteiger partial charge in [-0.1, -0.05) is 32.4 Å². The van der Waals surface area contributed by atoms with Crippen molar-refractivity contribution in [1.29, 1.82) is 0 Å². The number of carboxylic acid groups (broad SMARTS) is 1. The molecule has 0 spiro atoms. The molecule has 6 heteroatoms. The van der Waals surface area contributed by atoms with Crippen LogP contribution in [-0.4, -0.2) is 40.1 Å². The first-order valence-electron chi connectivity index (χ1n) is 11.1. The number of aliphatic hydroxyl groups excluding tert-OH is 1. The van der Waals surface area contributed by atoms with E-state index < -0.39 is 23.0 Å². The molecule has 0 aromatic carbocycles. The van der Waals surface area contributed by atoms with E-state index in [-0.39, 0.29) is 36.1 Å². The maximum Gasteiger partial charge on any atom is 0.349 e. The van der Waals surface area contributed by atoms with E-state index >= 15 is 0 Å². The van der Waals surface area contributed by atoms with Gasteiger partial charge in [-0.3, -0.25) is 9.59 Å². The number of carbonyl (C=O) groups excluding carboxylic acids is 2. The molecule has 6 nitrogen and oxygen atoms in total. The summed E-state index contributed by atoms with van der Waals surface area (Å²) in [5.41, 5.74) is -1.19. The highest BCUT2D eigenvalue weighted by atomic mass is 16.6. The number of hydrogen-bond donors (Lipinski definition) is 2. The third kappa shape index (κ3) is 2.68. The zero-order valence-electron chi connectivity index (χ0n) is 18.0. The molecule has 30 heavy (non-hydrogen) atoms. The second-order valence-corrected chi connectivity index (χ2v) is 10.2. The highest BCUT2D eigenvalue weighted by Gasteiger charge is 2.72. The smallest absolute Gasteiger partial charge is 0.349 e. The minimum atomic E-state index is -1.57. The van der Waals surface area contributed by atoms with Crippen molar-refractivity contribution in [2.45, 2.75) is 64.9 Å². The van der Waals surface area contributed by atoms with E-state index in [1.807, 2.05) is 13.8 Å². The molecule has 3 saturated carbocycles. The molecule has 0 amide bonds. The summed E-state index contributed by atoms with van der Waals surface area (Å²) in [6.07, 6.45) is 9.31. The third-order valence-corrected chi connectivity index (χ3v) is 9.00. The van der Waals surface area contributed by atoms with Crippen LogP contribution >= 0.6 is 0 Å². The van der Waals surface area contributed by atoms with Crippen LogP contribution in [0.5, 0.6) is 0 Å². The van der Waals surface area contributed by atoms with Crippen molar-refractivity contribution in [3.05, 3.63) is 23.8 Å². The van der Waals surface area contributed by atoms with Gasteiger partial charge >= 0.3 is 11.9 Å². The van der Waals surface area contributed by atoms with Crippen LogP contribution in [0.15, 0.2) is 23.8 Å². The molecule has 4 aliphatic carbocycles. The summed E-state index contributed by atoms with van der Waals surface area (Å²) >= 11 is 0. The molecule has 7 atom stereocenters. The molecular weight excluding hydrogens is 384 g/mol. The lowest BCUT2D eigenvalue weighted by molar-refractivity contribution is -0.207. The van der Waals surface area contributed by atoms with Crippen molar-refractivity contribution in [3.8, 4) is 0 Å². The fourth-order valence-electron chi connectivity index (χ4n) is 7.56. The van der Waals surface area contributed by atoms with Crippen LogP contribution in [0.2, 0.25) is 0 Å². The topological polar surface area (TPSA) is 101 Å². The van der Waals surface area contributed by atoms with Crippen LogP contribution in [-0.2, 0) is 19.1 Å². The van der Waals surface area contributed by atoms with Gasteiger partial charge < -0.3 is 14.9 Å². The van der Waals surface area contributed by atoms with Gasteiger partial charge in [0.2, 0.25) is 5.60 Å². The number of aliphatic hydroxyl groups is 1. The highest BCUT2D eigenvalue weighted by Crippen LogP contribution is 2.69. The van der Waals surface area contributed by atoms with Crippen LogP contribution in [0.1, 0.15) is 59.3 Å². The number of carbonyl (C=O) groups is 3. The fraction of sp³-hybridized carbons (Fsp3) is 0.708. The van der Waals surface area contributed by atoms with Crippen LogP contribution < -0.4 is 0 Å². The van der Waals surface area contributed by atoms with E-state index in [1.54, 1.807) is 12.2 Å². The van der Waals surface area contributed by atoms with E-state index in [4.69, 9.17) is 9.84 Å². The average Bonchev–Trinajstić information content (AvgIpc) is 2.90. The Kier molecular flexibility index (Phi) is 5.00. The molecule has 164 valence electrons. The van der Waals surface area contributed by atoms with Gasteiger partial charge in [0, 0.05) is 16.7 Å². The van der Waals surface area contributed by atoms with E-state index in [9.17, 15) is 19.5 Å². The molecule has 4 aliphatic rings. The summed E-state index contributed by atoms with van der Waals surface area (Å²) in [5, 5.41) is 19.4. The Bertz CT molecular complexity index is 843. The number of esters is 1. The molecule has 0 aliphatic heterocycles. The second kappa shape index (κ2) is 7.04. The van der Waals surface area contributed by atoms with Gasteiger partial charge in [-0.2, -0.15) is 0 Å². The Labute approximate surface area is 177 Å². The van der Waals surface area contributed by atoms with Gasteiger partial charge in [0.15, 0.2) is 5.78 Å². The first-order chi connectivity index (χ1) is 14.1. The molecule has 0 unspecified atom stereocenters. The Hall–Kier alpha value is -1.95. The van der Waals surface area contributed by atoms with Crippen molar-refractivity contribution in [2.75, 3.05) is 6.61 Å². The first kappa shape index (κ1) is 21.3. The Morgan fingerprint density at radius 2 is 1.97 bits per heavy atom. The van der Waals surface area contributed by atoms with E-state index in [2.05, 4.69) is 13.0 Å². The largest absolute Gasteiger partial charge is 0.478 e. The van der Waals surface area contributed by atoms with Crippen LogP contribution in [0.25, 0.3) is 0 Å². The Morgan fingerprint density at radius 1 is 1.23 bits per heavy atom. The summed E-state index contributed by atoms with van der Waals surface area (Å²) < 4.78 is 5.74. The maximum absolute atomic E-state index is 12.6. The lowest BCUT2D eigenvalue weighted by atomic mass is 9.47. The number of rotatable bonds is 4. The Balaban J connectivity index is 1.71. The van der Waals surface area contributed by atoms with Crippen molar-refractivity contribution in [3.63, 3.8) is 0 Å². The molecule has 3 fully saturated rings. The maximum atomic E-state index is 12.6. The van der Waals surface area contributed by atoms with Gasteiger partial charge in [0.25, 0.3) is 0 Å². The van der Waals surface area contributed by atoms with Gasteiger partial charge in [-0.15, -0.1) is 0 Å². The molecule has 0 heterocycles. The van der Waals surface area contributed by atoms with Gasteiger partial charge in [-0.25, -0.2) is 4.79 Å². The zero-order chi connectivity index (χ0) is 21.9. The van der Waals surface area contributed by atoms with Crippen molar-refractivity contribution >= 4 is 17.7 Å². The van der Waals surface area contributed by atoms with Crippen molar-refractivity contribution in [1.82, 2.24) is 0 Å². The predicted molar refractivity (Wildman–Crippen MR) is 109 cm³/mol. The number of carboxylic acids is 1. The van der Waals surface area contributed by atoms with Crippen LogP contribution in [0.4, 0.5) is 0 Å². The number of fused-ring (bicyclic) bond motifs is 5. The SMILES string of the molecule is C[C@@H]1C[C@H]2[C@@H]3CCC4=CC(=O)C=C[C@]4(C)[C@H]3CC[C@]2(C)[C@]1(OC(=O)CCO)C(=O)O. The number of ketones is 1. The van der Waals surface area contributed by atoms with Gasteiger partial charge in [0.05, 0.1) is 13.0 Å². The highest BCUT2D eigenvalue weighted by molar-refractivity contribution is 6.01. The van der Waals surface area contributed by atoms with Gasteiger partial charge in [-0.05, 0) is 62.0 Å². The normalized spacial score (nSPS) is 44.5.